The lowest BCUT2D eigenvalue weighted by atomic mass is 10.2. The van der Waals surface area contributed by atoms with Gasteiger partial charge in [-0.1, -0.05) is 13.8 Å². The molecule has 0 aliphatic carbocycles. The van der Waals surface area contributed by atoms with Crippen LogP contribution in [0.2, 0.25) is 0 Å². The van der Waals surface area contributed by atoms with Gasteiger partial charge >= 0.3 is 0 Å². The SMILES string of the molecule is CCN(CC)Cc1cnc2c(C(=O)N3CCCC3)cnn2c1. The molecule has 0 bridgehead atoms. The summed E-state index contributed by atoms with van der Waals surface area (Å²) in [5.41, 5.74) is 2.37. The molecule has 0 radical (unpaired) electrons. The maximum atomic E-state index is 12.5. The van der Waals surface area contributed by atoms with Gasteiger partial charge < -0.3 is 4.90 Å². The van der Waals surface area contributed by atoms with E-state index in [4.69, 9.17) is 0 Å². The Morgan fingerprint density at radius 1 is 1.23 bits per heavy atom. The first-order valence-corrected chi connectivity index (χ1v) is 8.06. The van der Waals surface area contributed by atoms with E-state index in [0.717, 1.165) is 51.1 Å². The fourth-order valence-corrected chi connectivity index (χ4v) is 2.94. The molecule has 6 nitrogen and oxygen atoms in total. The van der Waals surface area contributed by atoms with Crippen LogP contribution < -0.4 is 0 Å². The molecule has 3 rings (SSSR count). The minimum atomic E-state index is 0.0523. The van der Waals surface area contributed by atoms with Crippen LogP contribution in [-0.2, 0) is 6.54 Å². The number of hydrogen-bond donors (Lipinski definition) is 0. The molecular weight excluding hydrogens is 278 g/mol. The van der Waals surface area contributed by atoms with Crippen molar-refractivity contribution in [1.82, 2.24) is 24.4 Å². The van der Waals surface area contributed by atoms with Crippen molar-refractivity contribution in [1.29, 1.82) is 0 Å². The lowest BCUT2D eigenvalue weighted by molar-refractivity contribution is 0.0794. The number of fused-ring (bicyclic) bond motifs is 1. The first kappa shape index (κ1) is 15.0. The Kier molecular flexibility index (Phi) is 4.38. The van der Waals surface area contributed by atoms with Gasteiger partial charge in [-0.15, -0.1) is 0 Å². The van der Waals surface area contributed by atoms with E-state index in [-0.39, 0.29) is 5.91 Å². The molecule has 2 aromatic rings. The van der Waals surface area contributed by atoms with Crippen molar-refractivity contribution in [3.8, 4) is 0 Å². The zero-order valence-electron chi connectivity index (χ0n) is 13.3. The molecule has 1 aliphatic rings. The first-order valence-electron chi connectivity index (χ1n) is 8.06. The average molecular weight is 301 g/mol. The zero-order chi connectivity index (χ0) is 15.5. The Hall–Kier alpha value is -1.95. The van der Waals surface area contributed by atoms with Gasteiger partial charge in [-0.3, -0.25) is 9.69 Å². The molecule has 3 heterocycles. The molecule has 118 valence electrons. The summed E-state index contributed by atoms with van der Waals surface area (Å²) in [6.07, 6.45) is 7.65. The third-order valence-corrected chi connectivity index (χ3v) is 4.33. The van der Waals surface area contributed by atoms with Crippen molar-refractivity contribution in [2.75, 3.05) is 26.2 Å². The number of amides is 1. The van der Waals surface area contributed by atoms with E-state index in [1.165, 1.54) is 0 Å². The molecule has 0 atom stereocenters. The van der Waals surface area contributed by atoms with E-state index in [2.05, 4.69) is 28.8 Å². The van der Waals surface area contributed by atoms with Gasteiger partial charge in [-0.25, -0.2) is 9.50 Å². The molecule has 0 saturated carbocycles. The number of nitrogens with zero attached hydrogens (tertiary/aromatic N) is 5. The minimum Gasteiger partial charge on any atom is -0.338 e. The van der Waals surface area contributed by atoms with E-state index in [1.54, 1.807) is 10.7 Å². The molecule has 1 amide bonds. The van der Waals surface area contributed by atoms with Crippen LogP contribution in [0.3, 0.4) is 0 Å². The van der Waals surface area contributed by atoms with Crippen molar-refractivity contribution in [3.05, 3.63) is 29.7 Å². The Balaban J connectivity index is 1.84. The number of carbonyl (C=O) groups excluding carboxylic acids is 1. The van der Waals surface area contributed by atoms with Crippen molar-refractivity contribution in [3.63, 3.8) is 0 Å². The smallest absolute Gasteiger partial charge is 0.259 e. The molecule has 1 saturated heterocycles. The van der Waals surface area contributed by atoms with Crippen molar-refractivity contribution < 1.29 is 4.79 Å². The zero-order valence-corrected chi connectivity index (χ0v) is 13.3. The fraction of sp³-hybridized carbons (Fsp3) is 0.562. The number of rotatable bonds is 5. The van der Waals surface area contributed by atoms with E-state index < -0.39 is 0 Å². The highest BCUT2D eigenvalue weighted by atomic mass is 16.2. The van der Waals surface area contributed by atoms with Gasteiger partial charge in [0.2, 0.25) is 0 Å². The highest BCUT2D eigenvalue weighted by molar-refractivity contribution is 5.99. The van der Waals surface area contributed by atoms with E-state index in [9.17, 15) is 4.79 Å². The number of likely N-dealkylation sites (tertiary alicyclic amines) is 1. The van der Waals surface area contributed by atoms with Crippen LogP contribution in [0.5, 0.6) is 0 Å². The molecule has 2 aromatic heterocycles. The number of carbonyl (C=O) groups is 1. The molecule has 0 spiro atoms. The summed E-state index contributed by atoms with van der Waals surface area (Å²) >= 11 is 0. The van der Waals surface area contributed by atoms with Crippen LogP contribution in [0.15, 0.2) is 18.6 Å². The molecule has 0 N–H and O–H groups in total. The van der Waals surface area contributed by atoms with Crippen LogP contribution in [0.25, 0.3) is 5.65 Å². The monoisotopic (exact) mass is 301 g/mol. The standard InChI is InChI=1S/C16H23N5O/c1-3-19(4-2)11-13-9-17-15-14(10-18-21(15)12-13)16(22)20-7-5-6-8-20/h9-10,12H,3-8,11H2,1-2H3. The van der Waals surface area contributed by atoms with E-state index >= 15 is 0 Å². The van der Waals surface area contributed by atoms with Crippen LogP contribution in [-0.4, -0.2) is 56.5 Å². The van der Waals surface area contributed by atoms with E-state index in [0.29, 0.717) is 11.2 Å². The Labute approximate surface area is 130 Å². The third-order valence-electron chi connectivity index (χ3n) is 4.33. The fourth-order valence-electron chi connectivity index (χ4n) is 2.94. The lowest BCUT2D eigenvalue weighted by Gasteiger charge is -2.17. The van der Waals surface area contributed by atoms with Crippen molar-refractivity contribution in [2.45, 2.75) is 33.2 Å². The number of hydrogen-bond acceptors (Lipinski definition) is 4. The largest absolute Gasteiger partial charge is 0.338 e. The van der Waals surface area contributed by atoms with Gasteiger partial charge in [0.05, 0.1) is 6.20 Å². The second kappa shape index (κ2) is 6.44. The highest BCUT2D eigenvalue weighted by Crippen LogP contribution is 2.16. The molecule has 1 fully saturated rings. The molecule has 22 heavy (non-hydrogen) atoms. The Morgan fingerprint density at radius 2 is 1.95 bits per heavy atom. The molecular formula is C16H23N5O. The van der Waals surface area contributed by atoms with Crippen LogP contribution in [0, 0.1) is 0 Å². The molecule has 0 unspecified atom stereocenters. The van der Waals surface area contributed by atoms with Crippen molar-refractivity contribution >= 4 is 11.6 Å². The summed E-state index contributed by atoms with van der Waals surface area (Å²) in [5, 5.41) is 4.32. The average Bonchev–Trinajstić information content (AvgIpc) is 3.21. The van der Waals surface area contributed by atoms with Gasteiger partial charge in [0, 0.05) is 37.6 Å². The summed E-state index contributed by atoms with van der Waals surface area (Å²) in [7, 11) is 0. The molecule has 1 aliphatic heterocycles. The van der Waals surface area contributed by atoms with Gasteiger partial charge in [0.25, 0.3) is 5.91 Å². The maximum Gasteiger partial charge on any atom is 0.259 e. The van der Waals surface area contributed by atoms with Gasteiger partial charge in [-0.05, 0) is 25.9 Å². The normalized spacial score (nSPS) is 15.1. The topological polar surface area (TPSA) is 53.7 Å². The van der Waals surface area contributed by atoms with Crippen molar-refractivity contribution in [2.24, 2.45) is 0 Å². The van der Waals surface area contributed by atoms with Gasteiger partial charge in [0.15, 0.2) is 5.65 Å². The maximum absolute atomic E-state index is 12.5. The summed E-state index contributed by atoms with van der Waals surface area (Å²) in [6.45, 7) is 8.85. The van der Waals surface area contributed by atoms with Crippen LogP contribution >= 0.6 is 0 Å². The van der Waals surface area contributed by atoms with Crippen LogP contribution in [0.4, 0.5) is 0 Å². The van der Waals surface area contributed by atoms with Crippen LogP contribution in [0.1, 0.15) is 42.6 Å². The quantitative estimate of drug-likeness (QED) is 0.845. The Bertz CT molecular complexity index is 656. The summed E-state index contributed by atoms with van der Waals surface area (Å²) in [6, 6.07) is 0. The summed E-state index contributed by atoms with van der Waals surface area (Å²) in [4.78, 5) is 21.2. The minimum absolute atomic E-state index is 0.0523. The number of aromatic nitrogens is 3. The Morgan fingerprint density at radius 3 is 2.64 bits per heavy atom. The lowest BCUT2D eigenvalue weighted by Crippen LogP contribution is -2.27. The summed E-state index contributed by atoms with van der Waals surface area (Å²) in [5.74, 6) is 0.0523. The summed E-state index contributed by atoms with van der Waals surface area (Å²) < 4.78 is 1.72. The molecule has 0 aromatic carbocycles. The van der Waals surface area contributed by atoms with Gasteiger partial charge in [-0.2, -0.15) is 5.10 Å². The molecule has 6 heteroatoms. The predicted molar refractivity (Wildman–Crippen MR) is 84.7 cm³/mol. The highest BCUT2D eigenvalue weighted by Gasteiger charge is 2.23. The second-order valence-corrected chi connectivity index (χ2v) is 5.75. The third kappa shape index (κ3) is 2.83. The predicted octanol–water partition coefficient (Wildman–Crippen LogP) is 1.81. The van der Waals surface area contributed by atoms with Gasteiger partial charge in [0.1, 0.15) is 5.56 Å². The van der Waals surface area contributed by atoms with E-state index in [1.807, 2.05) is 17.3 Å². The first-order chi connectivity index (χ1) is 10.7. The second-order valence-electron chi connectivity index (χ2n) is 5.75.